The maximum atomic E-state index is 12.0. The Bertz CT molecular complexity index is 553. The number of nitriles is 1. The van der Waals surface area contributed by atoms with Gasteiger partial charge in [0.2, 0.25) is 11.8 Å². The molecule has 0 saturated carbocycles. The Kier molecular flexibility index (Phi) is 5.92. The minimum absolute atomic E-state index is 0.0803. The number of nitrogens with zero attached hydrogens (tertiary/aromatic N) is 2. The molecule has 0 bridgehead atoms. The van der Waals surface area contributed by atoms with Crippen molar-refractivity contribution in [1.29, 1.82) is 5.26 Å². The van der Waals surface area contributed by atoms with Gasteiger partial charge in [-0.2, -0.15) is 5.26 Å². The van der Waals surface area contributed by atoms with Crippen molar-refractivity contribution in [2.75, 3.05) is 19.6 Å². The van der Waals surface area contributed by atoms with E-state index in [1.165, 1.54) is 0 Å². The minimum Gasteiger partial charge on any atom is -0.351 e. The summed E-state index contributed by atoms with van der Waals surface area (Å²) in [5, 5.41) is 14.6. The molecule has 1 fully saturated rings. The van der Waals surface area contributed by atoms with Crippen LogP contribution < -0.4 is 10.6 Å². The van der Waals surface area contributed by atoms with Gasteiger partial charge in [-0.1, -0.05) is 30.3 Å². The lowest BCUT2D eigenvalue weighted by atomic mass is 10.2. The normalized spacial score (nSPS) is 17.0. The zero-order chi connectivity index (χ0) is 15.8. The van der Waals surface area contributed by atoms with Crippen molar-refractivity contribution in [3.05, 3.63) is 35.9 Å². The Morgan fingerprint density at radius 1 is 1.27 bits per heavy atom. The second kappa shape index (κ2) is 8.15. The largest absolute Gasteiger partial charge is 0.351 e. The van der Waals surface area contributed by atoms with Crippen LogP contribution in [0.3, 0.4) is 0 Å². The molecule has 1 aliphatic heterocycles. The molecular weight excluding hydrogens is 280 g/mol. The van der Waals surface area contributed by atoms with Crippen LogP contribution in [0.5, 0.6) is 0 Å². The van der Waals surface area contributed by atoms with Crippen molar-refractivity contribution in [3.8, 4) is 6.07 Å². The van der Waals surface area contributed by atoms with E-state index in [4.69, 9.17) is 5.26 Å². The SMILES string of the molecule is N#CC1CCCN1C(=O)CNCC(=O)NCc1ccccc1. The third kappa shape index (κ3) is 4.57. The summed E-state index contributed by atoms with van der Waals surface area (Å²) >= 11 is 0. The predicted molar refractivity (Wildman–Crippen MR) is 81.5 cm³/mol. The monoisotopic (exact) mass is 300 g/mol. The fraction of sp³-hybridized carbons (Fsp3) is 0.438. The molecule has 0 aromatic heterocycles. The van der Waals surface area contributed by atoms with Crippen LogP contribution in [0, 0.1) is 11.3 Å². The predicted octanol–water partition coefficient (Wildman–Crippen LogP) is 0.407. The van der Waals surface area contributed by atoms with Gasteiger partial charge in [0.05, 0.1) is 19.2 Å². The number of hydrogen-bond donors (Lipinski definition) is 2. The van der Waals surface area contributed by atoms with Crippen molar-refractivity contribution in [2.24, 2.45) is 0 Å². The topological polar surface area (TPSA) is 85.2 Å². The summed E-state index contributed by atoms with van der Waals surface area (Å²) < 4.78 is 0. The second-order valence-electron chi connectivity index (χ2n) is 5.24. The van der Waals surface area contributed by atoms with Gasteiger partial charge < -0.3 is 10.2 Å². The van der Waals surface area contributed by atoms with Crippen LogP contribution in [0.25, 0.3) is 0 Å². The minimum atomic E-state index is -0.318. The zero-order valence-electron chi connectivity index (χ0n) is 12.4. The first-order valence-electron chi connectivity index (χ1n) is 7.41. The highest BCUT2D eigenvalue weighted by molar-refractivity contribution is 5.81. The van der Waals surface area contributed by atoms with E-state index in [0.717, 1.165) is 18.4 Å². The third-order valence-electron chi connectivity index (χ3n) is 3.62. The summed E-state index contributed by atoms with van der Waals surface area (Å²) in [5.41, 5.74) is 1.03. The van der Waals surface area contributed by atoms with Crippen molar-refractivity contribution < 1.29 is 9.59 Å². The van der Waals surface area contributed by atoms with E-state index in [0.29, 0.717) is 13.1 Å². The number of likely N-dealkylation sites (tertiary alicyclic amines) is 1. The van der Waals surface area contributed by atoms with Gasteiger partial charge >= 0.3 is 0 Å². The first kappa shape index (κ1) is 16.0. The zero-order valence-corrected chi connectivity index (χ0v) is 12.4. The number of benzene rings is 1. The van der Waals surface area contributed by atoms with Crippen LogP contribution in [0.1, 0.15) is 18.4 Å². The Morgan fingerprint density at radius 2 is 2.05 bits per heavy atom. The molecule has 22 heavy (non-hydrogen) atoms. The molecule has 6 nitrogen and oxygen atoms in total. The van der Waals surface area contributed by atoms with Crippen LogP contribution in [0.2, 0.25) is 0 Å². The highest BCUT2D eigenvalue weighted by Crippen LogP contribution is 2.15. The van der Waals surface area contributed by atoms with Gasteiger partial charge in [0.25, 0.3) is 0 Å². The van der Waals surface area contributed by atoms with Crippen LogP contribution >= 0.6 is 0 Å². The molecule has 116 valence electrons. The molecular formula is C16H20N4O2. The van der Waals surface area contributed by atoms with Crippen molar-refractivity contribution in [2.45, 2.75) is 25.4 Å². The van der Waals surface area contributed by atoms with E-state index in [1.54, 1.807) is 4.90 Å². The van der Waals surface area contributed by atoms with E-state index >= 15 is 0 Å². The maximum absolute atomic E-state index is 12.0. The summed E-state index contributed by atoms with van der Waals surface area (Å²) in [5.74, 6) is -0.283. The third-order valence-corrected chi connectivity index (χ3v) is 3.62. The summed E-state index contributed by atoms with van der Waals surface area (Å²) in [6.45, 7) is 1.26. The first-order valence-corrected chi connectivity index (χ1v) is 7.41. The molecule has 2 rings (SSSR count). The Morgan fingerprint density at radius 3 is 2.77 bits per heavy atom. The summed E-state index contributed by atoms with van der Waals surface area (Å²) in [7, 11) is 0. The molecule has 2 N–H and O–H groups in total. The van der Waals surface area contributed by atoms with Gasteiger partial charge in [-0.15, -0.1) is 0 Å². The average Bonchev–Trinajstić information content (AvgIpc) is 3.02. The number of rotatable bonds is 6. The Balaban J connectivity index is 1.64. The Hall–Kier alpha value is -2.39. The van der Waals surface area contributed by atoms with Gasteiger partial charge in [0.15, 0.2) is 0 Å². The van der Waals surface area contributed by atoms with Crippen molar-refractivity contribution in [3.63, 3.8) is 0 Å². The van der Waals surface area contributed by atoms with E-state index in [1.807, 2.05) is 30.3 Å². The molecule has 1 heterocycles. The number of carbonyl (C=O) groups excluding carboxylic acids is 2. The Labute approximate surface area is 130 Å². The molecule has 2 amide bonds. The van der Waals surface area contributed by atoms with Gasteiger partial charge in [-0.25, -0.2) is 0 Å². The van der Waals surface area contributed by atoms with Crippen LogP contribution in [0.4, 0.5) is 0 Å². The highest BCUT2D eigenvalue weighted by atomic mass is 16.2. The fourth-order valence-corrected chi connectivity index (χ4v) is 2.44. The molecule has 1 atom stereocenters. The average molecular weight is 300 g/mol. The molecule has 0 radical (unpaired) electrons. The van der Waals surface area contributed by atoms with E-state index in [2.05, 4.69) is 16.7 Å². The van der Waals surface area contributed by atoms with E-state index in [9.17, 15) is 9.59 Å². The number of nitrogens with one attached hydrogen (secondary N) is 2. The molecule has 1 aliphatic rings. The lowest BCUT2D eigenvalue weighted by Gasteiger charge is -2.19. The van der Waals surface area contributed by atoms with Gasteiger partial charge in [0.1, 0.15) is 6.04 Å². The lowest BCUT2D eigenvalue weighted by Crippen LogP contribution is -2.43. The fourth-order valence-electron chi connectivity index (χ4n) is 2.44. The number of hydrogen-bond acceptors (Lipinski definition) is 4. The molecule has 6 heteroatoms. The van der Waals surface area contributed by atoms with E-state index < -0.39 is 0 Å². The molecule has 1 aromatic rings. The molecule has 0 aliphatic carbocycles. The molecule has 1 saturated heterocycles. The molecule has 1 unspecified atom stereocenters. The van der Waals surface area contributed by atoms with Gasteiger partial charge in [0, 0.05) is 13.1 Å². The van der Waals surface area contributed by atoms with Crippen molar-refractivity contribution >= 4 is 11.8 Å². The van der Waals surface area contributed by atoms with Crippen LogP contribution in [-0.2, 0) is 16.1 Å². The maximum Gasteiger partial charge on any atom is 0.237 e. The quantitative estimate of drug-likeness (QED) is 0.796. The van der Waals surface area contributed by atoms with E-state index in [-0.39, 0.29) is 30.9 Å². The van der Waals surface area contributed by atoms with Crippen LogP contribution in [-0.4, -0.2) is 42.4 Å². The highest BCUT2D eigenvalue weighted by Gasteiger charge is 2.27. The summed E-state index contributed by atoms with van der Waals surface area (Å²) in [6.07, 6.45) is 1.60. The lowest BCUT2D eigenvalue weighted by molar-refractivity contribution is -0.130. The smallest absolute Gasteiger partial charge is 0.237 e. The number of amides is 2. The molecule has 1 aromatic carbocycles. The molecule has 0 spiro atoms. The van der Waals surface area contributed by atoms with Crippen molar-refractivity contribution in [1.82, 2.24) is 15.5 Å². The first-order chi connectivity index (χ1) is 10.7. The standard InChI is InChI=1S/C16H20N4O2/c17-9-14-7-4-8-20(14)16(22)12-18-11-15(21)19-10-13-5-2-1-3-6-13/h1-3,5-6,14,18H,4,7-8,10-12H2,(H,19,21). The van der Waals surface area contributed by atoms with Crippen LogP contribution in [0.15, 0.2) is 30.3 Å². The number of carbonyl (C=O) groups is 2. The second-order valence-corrected chi connectivity index (χ2v) is 5.24. The summed E-state index contributed by atoms with van der Waals surface area (Å²) in [6, 6.07) is 11.4. The van der Waals surface area contributed by atoms with Gasteiger partial charge in [-0.05, 0) is 18.4 Å². The summed E-state index contributed by atoms with van der Waals surface area (Å²) in [4.78, 5) is 25.2. The van der Waals surface area contributed by atoms with Gasteiger partial charge in [-0.3, -0.25) is 14.9 Å².